The Morgan fingerprint density at radius 3 is 2.52 bits per heavy atom. The van der Waals surface area contributed by atoms with E-state index in [1.165, 1.54) is 11.1 Å². The fraction of sp³-hybridized carbons (Fsp3) is 0.316. The van der Waals surface area contributed by atoms with Crippen LogP contribution in [0.25, 0.3) is 0 Å². The van der Waals surface area contributed by atoms with Crippen LogP contribution in [0.3, 0.4) is 0 Å². The lowest BCUT2D eigenvalue weighted by Crippen LogP contribution is -2.05. The minimum Gasteiger partial charge on any atom is -0.497 e. The van der Waals surface area contributed by atoms with Crippen LogP contribution in [0.5, 0.6) is 5.75 Å². The van der Waals surface area contributed by atoms with Gasteiger partial charge in [-0.15, -0.1) is 0 Å². The molecule has 0 aliphatic heterocycles. The number of hydrogen-bond acceptors (Lipinski definition) is 2. The monoisotopic (exact) mass is 282 g/mol. The number of Topliss-reactive ketones (excluding diaryl/α,β-unsaturated/α-hetero) is 1. The Labute approximate surface area is 126 Å². The zero-order valence-corrected chi connectivity index (χ0v) is 13.0. The molecule has 0 amide bonds. The topological polar surface area (TPSA) is 26.3 Å². The van der Waals surface area contributed by atoms with Crippen LogP contribution >= 0.6 is 0 Å². The SMILES string of the molecule is CCc1ccccc1C(=O)CCc1ccc(OC)cc1C. The molecule has 0 aromatic heterocycles. The zero-order valence-electron chi connectivity index (χ0n) is 13.0. The van der Waals surface area contributed by atoms with Crippen molar-refractivity contribution in [1.29, 1.82) is 0 Å². The number of hydrogen-bond donors (Lipinski definition) is 0. The summed E-state index contributed by atoms with van der Waals surface area (Å²) in [6.07, 6.45) is 2.21. The van der Waals surface area contributed by atoms with E-state index in [-0.39, 0.29) is 5.78 Å². The molecule has 2 heteroatoms. The van der Waals surface area contributed by atoms with E-state index in [2.05, 4.69) is 13.8 Å². The van der Waals surface area contributed by atoms with E-state index in [0.29, 0.717) is 6.42 Å². The van der Waals surface area contributed by atoms with Gasteiger partial charge in [-0.1, -0.05) is 37.3 Å². The highest BCUT2D eigenvalue weighted by atomic mass is 16.5. The summed E-state index contributed by atoms with van der Waals surface area (Å²) in [7, 11) is 1.67. The van der Waals surface area contributed by atoms with Gasteiger partial charge in [0, 0.05) is 12.0 Å². The van der Waals surface area contributed by atoms with Crippen molar-refractivity contribution >= 4 is 5.78 Å². The average molecular weight is 282 g/mol. The maximum absolute atomic E-state index is 12.4. The summed E-state index contributed by atoms with van der Waals surface area (Å²) in [5, 5.41) is 0. The minimum absolute atomic E-state index is 0.225. The van der Waals surface area contributed by atoms with Crippen LogP contribution in [0.15, 0.2) is 42.5 Å². The fourth-order valence-corrected chi connectivity index (χ4v) is 2.56. The third-order valence-electron chi connectivity index (χ3n) is 3.87. The van der Waals surface area contributed by atoms with Gasteiger partial charge in [-0.05, 0) is 48.6 Å². The van der Waals surface area contributed by atoms with E-state index >= 15 is 0 Å². The summed E-state index contributed by atoms with van der Waals surface area (Å²) in [5.41, 5.74) is 4.38. The molecule has 0 aliphatic rings. The molecule has 0 N–H and O–H groups in total. The quantitative estimate of drug-likeness (QED) is 0.735. The van der Waals surface area contributed by atoms with E-state index in [1.54, 1.807) is 7.11 Å². The number of benzene rings is 2. The lowest BCUT2D eigenvalue weighted by atomic mass is 9.96. The molecule has 0 spiro atoms. The molecule has 0 saturated heterocycles. The summed E-state index contributed by atoms with van der Waals surface area (Å²) in [6, 6.07) is 13.9. The maximum Gasteiger partial charge on any atom is 0.163 e. The highest BCUT2D eigenvalue weighted by Gasteiger charge is 2.10. The molecule has 2 aromatic rings. The van der Waals surface area contributed by atoms with Crippen LogP contribution in [-0.4, -0.2) is 12.9 Å². The normalized spacial score (nSPS) is 10.4. The third kappa shape index (κ3) is 3.72. The van der Waals surface area contributed by atoms with Crippen molar-refractivity contribution in [3.05, 3.63) is 64.7 Å². The van der Waals surface area contributed by atoms with Gasteiger partial charge in [-0.3, -0.25) is 4.79 Å². The molecule has 0 saturated carbocycles. The second-order valence-corrected chi connectivity index (χ2v) is 5.23. The van der Waals surface area contributed by atoms with Crippen LogP contribution in [-0.2, 0) is 12.8 Å². The van der Waals surface area contributed by atoms with Crippen molar-refractivity contribution in [1.82, 2.24) is 0 Å². The van der Waals surface area contributed by atoms with Gasteiger partial charge in [0.2, 0.25) is 0 Å². The summed E-state index contributed by atoms with van der Waals surface area (Å²) in [4.78, 5) is 12.4. The van der Waals surface area contributed by atoms with Crippen molar-refractivity contribution in [3.63, 3.8) is 0 Å². The molecule has 2 nitrogen and oxygen atoms in total. The number of aryl methyl sites for hydroxylation is 3. The summed E-state index contributed by atoms with van der Waals surface area (Å²) in [5.74, 6) is 1.08. The van der Waals surface area contributed by atoms with Crippen molar-refractivity contribution in [2.45, 2.75) is 33.1 Å². The first-order chi connectivity index (χ1) is 10.2. The summed E-state index contributed by atoms with van der Waals surface area (Å²) in [6.45, 7) is 4.14. The third-order valence-corrected chi connectivity index (χ3v) is 3.87. The van der Waals surface area contributed by atoms with Gasteiger partial charge in [0.25, 0.3) is 0 Å². The molecular formula is C19H22O2. The van der Waals surface area contributed by atoms with Crippen molar-refractivity contribution in [3.8, 4) is 5.75 Å². The zero-order chi connectivity index (χ0) is 15.2. The van der Waals surface area contributed by atoms with Crippen LogP contribution in [0.1, 0.15) is 40.4 Å². The van der Waals surface area contributed by atoms with Gasteiger partial charge in [-0.2, -0.15) is 0 Å². The fourth-order valence-electron chi connectivity index (χ4n) is 2.56. The Balaban J connectivity index is 2.07. The highest BCUT2D eigenvalue weighted by Crippen LogP contribution is 2.19. The molecule has 0 radical (unpaired) electrons. The largest absolute Gasteiger partial charge is 0.497 e. The molecule has 0 heterocycles. The maximum atomic E-state index is 12.4. The van der Waals surface area contributed by atoms with E-state index in [1.807, 2.05) is 42.5 Å². The smallest absolute Gasteiger partial charge is 0.163 e. The van der Waals surface area contributed by atoms with E-state index in [9.17, 15) is 4.79 Å². The summed E-state index contributed by atoms with van der Waals surface area (Å²) >= 11 is 0. The molecule has 0 unspecified atom stereocenters. The number of methoxy groups -OCH3 is 1. The Morgan fingerprint density at radius 1 is 1.10 bits per heavy atom. The molecule has 2 rings (SSSR count). The Morgan fingerprint density at radius 2 is 1.86 bits per heavy atom. The van der Waals surface area contributed by atoms with Gasteiger partial charge >= 0.3 is 0 Å². The average Bonchev–Trinajstić information content (AvgIpc) is 2.53. The van der Waals surface area contributed by atoms with E-state index in [4.69, 9.17) is 4.74 Å². The second kappa shape index (κ2) is 7.07. The molecule has 0 fully saturated rings. The minimum atomic E-state index is 0.225. The first-order valence-electron chi connectivity index (χ1n) is 7.40. The van der Waals surface area contributed by atoms with Gasteiger partial charge in [-0.25, -0.2) is 0 Å². The van der Waals surface area contributed by atoms with E-state index in [0.717, 1.165) is 29.7 Å². The molecule has 0 atom stereocenters. The Bertz CT molecular complexity index is 629. The number of rotatable bonds is 6. The van der Waals surface area contributed by atoms with Crippen LogP contribution in [0.4, 0.5) is 0 Å². The first kappa shape index (κ1) is 15.3. The second-order valence-electron chi connectivity index (χ2n) is 5.23. The lowest BCUT2D eigenvalue weighted by Gasteiger charge is -2.09. The van der Waals surface area contributed by atoms with Gasteiger partial charge in [0.1, 0.15) is 5.75 Å². The van der Waals surface area contributed by atoms with Crippen molar-refractivity contribution in [2.75, 3.05) is 7.11 Å². The Hall–Kier alpha value is -2.09. The number of ketones is 1. The molecule has 21 heavy (non-hydrogen) atoms. The summed E-state index contributed by atoms with van der Waals surface area (Å²) < 4.78 is 5.21. The highest BCUT2D eigenvalue weighted by molar-refractivity contribution is 5.97. The molecule has 110 valence electrons. The predicted octanol–water partition coefficient (Wildman–Crippen LogP) is 4.38. The first-order valence-corrected chi connectivity index (χ1v) is 7.40. The van der Waals surface area contributed by atoms with Crippen molar-refractivity contribution in [2.24, 2.45) is 0 Å². The predicted molar refractivity (Wildman–Crippen MR) is 86.2 cm³/mol. The lowest BCUT2D eigenvalue weighted by molar-refractivity contribution is 0.0982. The molecule has 0 aliphatic carbocycles. The number of carbonyl (C=O) groups is 1. The molecule has 2 aromatic carbocycles. The van der Waals surface area contributed by atoms with Crippen LogP contribution in [0, 0.1) is 6.92 Å². The van der Waals surface area contributed by atoms with Gasteiger partial charge < -0.3 is 4.74 Å². The van der Waals surface area contributed by atoms with Crippen LogP contribution < -0.4 is 4.74 Å². The molecular weight excluding hydrogens is 260 g/mol. The Kier molecular flexibility index (Phi) is 5.15. The van der Waals surface area contributed by atoms with Crippen molar-refractivity contribution < 1.29 is 9.53 Å². The molecule has 0 bridgehead atoms. The van der Waals surface area contributed by atoms with E-state index < -0.39 is 0 Å². The van der Waals surface area contributed by atoms with Gasteiger partial charge in [0.15, 0.2) is 5.78 Å². The standard InChI is InChI=1S/C19H22O2/c1-4-15-7-5-6-8-18(15)19(20)12-10-16-9-11-17(21-3)13-14(16)2/h5-9,11,13H,4,10,12H2,1-3H3. The number of carbonyl (C=O) groups excluding carboxylic acids is 1. The number of ether oxygens (including phenoxy) is 1. The van der Waals surface area contributed by atoms with Crippen LogP contribution in [0.2, 0.25) is 0 Å². The van der Waals surface area contributed by atoms with Gasteiger partial charge in [0.05, 0.1) is 7.11 Å².